The van der Waals surface area contributed by atoms with Crippen molar-refractivity contribution in [2.24, 2.45) is 11.8 Å². The van der Waals surface area contributed by atoms with E-state index in [0.717, 1.165) is 5.57 Å². The zero-order chi connectivity index (χ0) is 13.2. The highest BCUT2D eigenvalue weighted by atomic mass is 16.5. The van der Waals surface area contributed by atoms with Crippen LogP contribution in [0.4, 0.5) is 0 Å². The molecule has 5 atom stereocenters. The number of esters is 1. The molecule has 17 heavy (non-hydrogen) atoms. The molecule has 1 fully saturated rings. The zero-order valence-corrected chi connectivity index (χ0v) is 10.9. The van der Waals surface area contributed by atoms with Gasteiger partial charge in [0.25, 0.3) is 0 Å². The van der Waals surface area contributed by atoms with Crippen LogP contribution in [0.15, 0.2) is 11.6 Å². The summed E-state index contributed by atoms with van der Waals surface area (Å²) in [6, 6.07) is 0. The number of cyclic esters (lactones) is 1. The summed E-state index contributed by atoms with van der Waals surface area (Å²) >= 11 is 0. The molecule has 1 saturated heterocycles. The Labute approximate surface area is 102 Å². The monoisotopic (exact) mass is 242 g/mol. The first-order valence-electron chi connectivity index (χ1n) is 6.04. The topological polar surface area (TPSA) is 66.8 Å². The van der Waals surface area contributed by atoms with Gasteiger partial charge in [-0.25, -0.2) is 0 Å². The maximum Gasteiger partial charge on any atom is 0.311 e. The molecular formula is C13H22O4. The van der Waals surface area contributed by atoms with Crippen molar-refractivity contribution in [3.8, 4) is 0 Å². The van der Waals surface area contributed by atoms with Gasteiger partial charge in [-0.3, -0.25) is 4.79 Å². The van der Waals surface area contributed by atoms with Crippen molar-refractivity contribution in [1.82, 2.24) is 0 Å². The number of rotatable bonds is 3. The van der Waals surface area contributed by atoms with Gasteiger partial charge in [-0.15, -0.1) is 0 Å². The molecule has 0 bridgehead atoms. The van der Waals surface area contributed by atoms with Crippen molar-refractivity contribution < 1.29 is 19.7 Å². The van der Waals surface area contributed by atoms with E-state index in [1.165, 1.54) is 0 Å². The molecule has 0 spiro atoms. The summed E-state index contributed by atoms with van der Waals surface area (Å²) < 4.78 is 5.25. The summed E-state index contributed by atoms with van der Waals surface area (Å²) in [5.74, 6) is -1.02. The molecule has 98 valence electrons. The lowest BCUT2D eigenvalue weighted by Crippen LogP contribution is -2.47. The Bertz CT molecular complexity index is 307. The molecule has 0 aromatic rings. The van der Waals surface area contributed by atoms with E-state index >= 15 is 0 Å². The molecule has 4 nitrogen and oxygen atoms in total. The van der Waals surface area contributed by atoms with E-state index in [2.05, 4.69) is 0 Å². The van der Waals surface area contributed by atoms with E-state index in [4.69, 9.17) is 4.74 Å². The van der Waals surface area contributed by atoms with Crippen LogP contribution in [0.1, 0.15) is 34.1 Å². The van der Waals surface area contributed by atoms with Crippen molar-refractivity contribution in [2.45, 2.75) is 52.4 Å². The van der Waals surface area contributed by atoms with Crippen LogP contribution in [0.25, 0.3) is 0 Å². The number of aliphatic hydroxyl groups excluding tert-OH is 2. The molecule has 0 saturated carbocycles. The first-order valence-corrected chi connectivity index (χ1v) is 6.04. The molecule has 0 aromatic carbocycles. The molecule has 0 unspecified atom stereocenters. The lowest BCUT2D eigenvalue weighted by atomic mass is 9.84. The number of aliphatic hydroxyl groups is 2. The average Bonchev–Trinajstić information content (AvgIpc) is 2.21. The van der Waals surface area contributed by atoms with Gasteiger partial charge in [0.15, 0.2) is 0 Å². The second-order valence-corrected chi connectivity index (χ2v) is 5.16. The standard InChI is InChI=1S/C13H22O4/c1-7(2)5-10(14)6-11-8(3)12(15)9(4)13(16)17-11/h5,8-12,14-15H,6H2,1-4H3/t8-,9+,10+,11-,12-/m0/s1. The lowest BCUT2D eigenvalue weighted by molar-refractivity contribution is -0.179. The zero-order valence-electron chi connectivity index (χ0n) is 10.9. The van der Waals surface area contributed by atoms with Gasteiger partial charge in [-0.1, -0.05) is 18.6 Å². The summed E-state index contributed by atoms with van der Waals surface area (Å²) in [6.45, 7) is 7.30. The molecule has 1 aliphatic rings. The summed E-state index contributed by atoms with van der Waals surface area (Å²) in [4.78, 5) is 11.5. The largest absolute Gasteiger partial charge is 0.462 e. The molecule has 0 aliphatic carbocycles. The smallest absolute Gasteiger partial charge is 0.311 e. The van der Waals surface area contributed by atoms with Gasteiger partial charge in [0.05, 0.1) is 18.1 Å². The van der Waals surface area contributed by atoms with E-state index in [1.54, 1.807) is 13.0 Å². The minimum absolute atomic E-state index is 0.150. The molecule has 0 aromatic heterocycles. The Morgan fingerprint density at radius 2 is 2.06 bits per heavy atom. The van der Waals surface area contributed by atoms with Gasteiger partial charge in [0.2, 0.25) is 0 Å². The summed E-state index contributed by atoms with van der Waals surface area (Å²) in [5, 5.41) is 19.7. The Kier molecular flexibility index (Phi) is 4.71. The van der Waals surface area contributed by atoms with Gasteiger partial charge >= 0.3 is 5.97 Å². The second-order valence-electron chi connectivity index (χ2n) is 5.16. The minimum Gasteiger partial charge on any atom is -0.462 e. The quantitative estimate of drug-likeness (QED) is 0.577. The molecule has 2 N–H and O–H groups in total. The summed E-state index contributed by atoms with van der Waals surface area (Å²) in [5.41, 5.74) is 1.02. The molecule has 0 radical (unpaired) electrons. The molecule has 1 rings (SSSR count). The van der Waals surface area contributed by atoms with Gasteiger partial charge in [-0.05, 0) is 20.8 Å². The lowest BCUT2D eigenvalue weighted by Gasteiger charge is -2.36. The van der Waals surface area contributed by atoms with E-state index in [9.17, 15) is 15.0 Å². The Morgan fingerprint density at radius 1 is 1.47 bits per heavy atom. The summed E-state index contributed by atoms with van der Waals surface area (Å²) in [7, 11) is 0. The van der Waals surface area contributed by atoms with Gasteiger partial charge in [0.1, 0.15) is 6.10 Å². The third-order valence-electron chi connectivity index (χ3n) is 3.28. The van der Waals surface area contributed by atoms with Gasteiger partial charge < -0.3 is 14.9 Å². The number of carbonyl (C=O) groups is 1. The van der Waals surface area contributed by atoms with E-state index in [-0.39, 0.29) is 11.9 Å². The van der Waals surface area contributed by atoms with Crippen LogP contribution >= 0.6 is 0 Å². The minimum atomic E-state index is -0.694. The first-order chi connectivity index (χ1) is 7.82. The fourth-order valence-corrected chi connectivity index (χ4v) is 2.13. The SMILES string of the molecule is CC(C)=C[C@@H](O)C[C@@H]1OC(=O)[C@H](C)[C@@H](O)[C@H]1C. The van der Waals surface area contributed by atoms with Crippen molar-refractivity contribution in [3.05, 3.63) is 11.6 Å². The number of allylic oxidation sites excluding steroid dienone is 1. The average molecular weight is 242 g/mol. The Hall–Kier alpha value is -0.870. The fraction of sp³-hybridized carbons (Fsp3) is 0.769. The molecule has 4 heteroatoms. The van der Waals surface area contributed by atoms with Crippen LogP contribution in [0.2, 0.25) is 0 Å². The van der Waals surface area contributed by atoms with Gasteiger partial charge in [0, 0.05) is 12.3 Å². The van der Waals surface area contributed by atoms with Crippen molar-refractivity contribution in [2.75, 3.05) is 0 Å². The van der Waals surface area contributed by atoms with Crippen LogP contribution < -0.4 is 0 Å². The van der Waals surface area contributed by atoms with Crippen LogP contribution in [0, 0.1) is 11.8 Å². The number of hydrogen-bond acceptors (Lipinski definition) is 4. The molecule has 0 amide bonds. The van der Waals surface area contributed by atoms with Crippen LogP contribution in [-0.4, -0.2) is 34.5 Å². The van der Waals surface area contributed by atoms with Crippen LogP contribution in [-0.2, 0) is 9.53 Å². The maximum absolute atomic E-state index is 11.5. The predicted molar refractivity (Wildman–Crippen MR) is 64.3 cm³/mol. The van der Waals surface area contributed by atoms with Gasteiger partial charge in [-0.2, -0.15) is 0 Å². The third-order valence-corrected chi connectivity index (χ3v) is 3.28. The summed E-state index contributed by atoms with van der Waals surface area (Å²) in [6.07, 6.45) is 0.313. The maximum atomic E-state index is 11.5. The molecule has 1 aliphatic heterocycles. The number of carbonyl (C=O) groups excluding carboxylic acids is 1. The Morgan fingerprint density at radius 3 is 2.59 bits per heavy atom. The fourth-order valence-electron chi connectivity index (χ4n) is 2.13. The first kappa shape index (κ1) is 14.2. The highest BCUT2D eigenvalue weighted by molar-refractivity contribution is 5.73. The number of ether oxygens (including phenoxy) is 1. The van der Waals surface area contributed by atoms with E-state index in [1.807, 2.05) is 20.8 Å². The predicted octanol–water partition coefficient (Wildman–Crippen LogP) is 1.26. The molecule has 1 heterocycles. The van der Waals surface area contributed by atoms with Crippen LogP contribution in [0.5, 0.6) is 0 Å². The van der Waals surface area contributed by atoms with Crippen molar-refractivity contribution >= 4 is 5.97 Å². The normalized spacial score (nSPS) is 35.1. The third kappa shape index (κ3) is 3.54. The van der Waals surface area contributed by atoms with E-state index < -0.39 is 24.2 Å². The highest BCUT2D eigenvalue weighted by Gasteiger charge is 2.40. The van der Waals surface area contributed by atoms with Crippen LogP contribution in [0.3, 0.4) is 0 Å². The van der Waals surface area contributed by atoms with Crippen molar-refractivity contribution in [3.63, 3.8) is 0 Å². The van der Waals surface area contributed by atoms with Crippen molar-refractivity contribution in [1.29, 1.82) is 0 Å². The van der Waals surface area contributed by atoms with E-state index in [0.29, 0.717) is 6.42 Å². The molecular weight excluding hydrogens is 220 g/mol. The highest BCUT2D eigenvalue weighted by Crippen LogP contribution is 2.29. The Balaban J connectivity index is 2.65. The second kappa shape index (κ2) is 5.65. The number of hydrogen-bond donors (Lipinski definition) is 2.